The van der Waals surface area contributed by atoms with Gasteiger partial charge in [0.1, 0.15) is 17.5 Å². The maximum absolute atomic E-state index is 11.8. The first-order valence-corrected chi connectivity index (χ1v) is 5.11. The van der Waals surface area contributed by atoms with Crippen molar-refractivity contribution in [1.29, 1.82) is 0 Å². The van der Waals surface area contributed by atoms with Gasteiger partial charge in [-0.2, -0.15) is 0 Å². The van der Waals surface area contributed by atoms with Gasteiger partial charge in [-0.1, -0.05) is 0 Å². The van der Waals surface area contributed by atoms with E-state index in [4.69, 9.17) is 0 Å². The summed E-state index contributed by atoms with van der Waals surface area (Å²) >= 11 is 0. The third-order valence-corrected chi connectivity index (χ3v) is 3.09. The molecule has 1 fully saturated rings. The van der Waals surface area contributed by atoms with Crippen LogP contribution < -0.4 is 0 Å². The number of hydrogen-bond donors (Lipinski definition) is 0. The monoisotopic (exact) mass is 242 g/mol. The third-order valence-electron chi connectivity index (χ3n) is 3.09. The van der Waals surface area contributed by atoms with E-state index in [2.05, 4.69) is 9.47 Å². The van der Waals surface area contributed by atoms with E-state index in [-0.39, 0.29) is 12.8 Å². The maximum Gasteiger partial charge on any atom is 0.324 e. The normalized spacial score (nSPS) is 22.1. The highest BCUT2D eigenvalue weighted by Crippen LogP contribution is 2.43. The highest BCUT2D eigenvalue weighted by molar-refractivity contribution is 6.16. The average molecular weight is 242 g/mol. The first-order valence-electron chi connectivity index (χ1n) is 5.11. The van der Waals surface area contributed by atoms with Crippen molar-refractivity contribution in [2.45, 2.75) is 19.8 Å². The zero-order valence-electron chi connectivity index (χ0n) is 9.94. The summed E-state index contributed by atoms with van der Waals surface area (Å²) in [5.74, 6) is -4.02. The number of ether oxygens (including phenoxy) is 2. The predicted octanol–water partition coefficient (Wildman–Crippen LogP) is -0.113. The quantitative estimate of drug-likeness (QED) is 0.507. The number of methoxy groups -OCH3 is 2. The summed E-state index contributed by atoms with van der Waals surface area (Å²) in [6.45, 7) is 1.18. The van der Waals surface area contributed by atoms with E-state index in [1.165, 1.54) is 6.92 Å². The van der Waals surface area contributed by atoms with Crippen molar-refractivity contribution in [3.05, 3.63) is 0 Å². The lowest BCUT2D eigenvalue weighted by atomic mass is 9.75. The molecule has 1 unspecified atom stereocenters. The molecule has 1 aliphatic rings. The van der Waals surface area contributed by atoms with Crippen molar-refractivity contribution >= 4 is 23.5 Å². The van der Waals surface area contributed by atoms with Crippen LogP contribution in [0.25, 0.3) is 0 Å². The van der Waals surface area contributed by atoms with E-state index in [0.29, 0.717) is 0 Å². The van der Waals surface area contributed by atoms with Crippen LogP contribution in [-0.2, 0) is 28.7 Å². The smallest absolute Gasteiger partial charge is 0.324 e. The van der Waals surface area contributed by atoms with Gasteiger partial charge in [0, 0.05) is 6.42 Å². The Bertz CT molecular complexity index is 367. The number of hydrogen-bond acceptors (Lipinski definition) is 6. The number of rotatable bonds is 3. The van der Waals surface area contributed by atoms with Gasteiger partial charge in [0.15, 0.2) is 5.41 Å². The maximum atomic E-state index is 11.8. The summed E-state index contributed by atoms with van der Waals surface area (Å²) in [5, 5.41) is 0. The lowest BCUT2D eigenvalue weighted by Crippen LogP contribution is -2.48. The molecule has 0 amide bonds. The molecule has 0 N–H and O–H groups in total. The second kappa shape index (κ2) is 4.65. The number of carbonyl (C=O) groups excluding carboxylic acids is 4. The fourth-order valence-electron chi connectivity index (χ4n) is 2.34. The fraction of sp³-hybridized carbons (Fsp3) is 0.636. The van der Waals surface area contributed by atoms with Crippen LogP contribution in [-0.4, -0.2) is 37.7 Å². The summed E-state index contributed by atoms with van der Waals surface area (Å²) in [5.41, 5.74) is -1.80. The van der Waals surface area contributed by atoms with Gasteiger partial charge in [-0.05, 0) is 13.3 Å². The van der Waals surface area contributed by atoms with Crippen molar-refractivity contribution in [2.75, 3.05) is 14.2 Å². The van der Waals surface area contributed by atoms with E-state index >= 15 is 0 Å². The summed E-state index contributed by atoms with van der Waals surface area (Å²) in [6, 6.07) is 0. The fourth-order valence-corrected chi connectivity index (χ4v) is 2.34. The predicted molar refractivity (Wildman–Crippen MR) is 54.9 cm³/mol. The molecule has 0 aromatic heterocycles. The Morgan fingerprint density at radius 2 is 1.65 bits per heavy atom. The molecule has 1 aliphatic carbocycles. The van der Waals surface area contributed by atoms with Crippen molar-refractivity contribution in [3.63, 3.8) is 0 Å². The number of carbonyl (C=O) groups is 4. The van der Waals surface area contributed by atoms with E-state index in [9.17, 15) is 19.2 Å². The zero-order chi connectivity index (χ0) is 13.2. The molecular weight excluding hydrogens is 228 g/mol. The molecule has 1 atom stereocenters. The molecule has 0 aromatic rings. The molecule has 17 heavy (non-hydrogen) atoms. The molecule has 94 valence electrons. The Hall–Kier alpha value is -1.72. The lowest BCUT2D eigenvalue weighted by molar-refractivity contribution is -0.174. The van der Waals surface area contributed by atoms with Crippen molar-refractivity contribution in [1.82, 2.24) is 0 Å². The van der Waals surface area contributed by atoms with Gasteiger partial charge in [0.05, 0.1) is 14.2 Å². The minimum absolute atomic E-state index is 0.00551. The van der Waals surface area contributed by atoms with Crippen molar-refractivity contribution in [2.24, 2.45) is 11.3 Å². The summed E-state index contributed by atoms with van der Waals surface area (Å²) in [6.07, 6.45) is -0.0517. The van der Waals surface area contributed by atoms with Gasteiger partial charge >= 0.3 is 11.9 Å². The Morgan fingerprint density at radius 3 is 2.00 bits per heavy atom. The Morgan fingerprint density at radius 1 is 1.18 bits per heavy atom. The SMILES string of the molecule is COC(=O)C1(C(=O)OC)CCC(=O)C1C(C)=O. The largest absolute Gasteiger partial charge is 0.468 e. The molecule has 0 aliphatic heterocycles. The van der Waals surface area contributed by atoms with Gasteiger partial charge in [-0.25, -0.2) is 0 Å². The first kappa shape index (κ1) is 13.3. The summed E-state index contributed by atoms with van der Waals surface area (Å²) in [7, 11) is 2.21. The van der Waals surface area contributed by atoms with Crippen LogP contribution in [0.1, 0.15) is 19.8 Å². The van der Waals surface area contributed by atoms with E-state index in [0.717, 1.165) is 14.2 Å². The molecule has 0 aromatic carbocycles. The molecule has 0 spiro atoms. The topological polar surface area (TPSA) is 86.7 Å². The Labute approximate surface area is 98.3 Å². The van der Waals surface area contributed by atoms with Crippen LogP contribution in [0.15, 0.2) is 0 Å². The second-order valence-corrected chi connectivity index (χ2v) is 3.96. The lowest BCUT2D eigenvalue weighted by Gasteiger charge is -2.27. The molecule has 0 bridgehead atoms. The van der Waals surface area contributed by atoms with Gasteiger partial charge in [-0.15, -0.1) is 0 Å². The van der Waals surface area contributed by atoms with Crippen LogP contribution >= 0.6 is 0 Å². The minimum atomic E-state index is -1.80. The number of Topliss-reactive ketones (excluding diaryl/α,β-unsaturated/α-hetero) is 2. The van der Waals surface area contributed by atoms with Crippen LogP contribution in [0.3, 0.4) is 0 Å². The highest BCUT2D eigenvalue weighted by atomic mass is 16.5. The molecule has 6 nitrogen and oxygen atoms in total. The molecule has 1 rings (SSSR count). The van der Waals surface area contributed by atoms with Gasteiger partial charge < -0.3 is 9.47 Å². The van der Waals surface area contributed by atoms with E-state index < -0.39 is 34.8 Å². The Kier molecular flexibility index (Phi) is 3.65. The average Bonchev–Trinajstić information content (AvgIpc) is 2.65. The summed E-state index contributed by atoms with van der Waals surface area (Å²) < 4.78 is 9.09. The molecule has 0 radical (unpaired) electrons. The van der Waals surface area contributed by atoms with E-state index in [1.807, 2.05) is 0 Å². The standard InChI is InChI=1S/C11H14O6/c1-6(12)8-7(13)4-5-11(8,9(14)16-2)10(15)17-3/h8H,4-5H2,1-3H3. The zero-order valence-corrected chi connectivity index (χ0v) is 9.94. The van der Waals surface area contributed by atoms with Crippen molar-refractivity contribution in [3.8, 4) is 0 Å². The van der Waals surface area contributed by atoms with Crippen LogP contribution in [0, 0.1) is 11.3 Å². The number of ketones is 2. The molecular formula is C11H14O6. The first-order chi connectivity index (χ1) is 7.91. The molecule has 0 heterocycles. The van der Waals surface area contributed by atoms with E-state index in [1.54, 1.807) is 0 Å². The van der Waals surface area contributed by atoms with Crippen LogP contribution in [0.4, 0.5) is 0 Å². The van der Waals surface area contributed by atoms with Crippen LogP contribution in [0.2, 0.25) is 0 Å². The van der Waals surface area contributed by atoms with Gasteiger partial charge in [0.2, 0.25) is 0 Å². The third kappa shape index (κ3) is 1.83. The molecule has 6 heteroatoms. The van der Waals surface area contributed by atoms with Crippen LogP contribution in [0.5, 0.6) is 0 Å². The van der Waals surface area contributed by atoms with Gasteiger partial charge in [0.25, 0.3) is 0 Å². The number of esters is 2. The second-order valence-electron chi connectivity index (χ2n) is 3.96. The highest BCUT2D eigenvalue weighted by Gasteiger charge is 2.62. The minimum Gasteiger partial charge on any atom is -0.468 e. The molecule has 1 saturated carbocycles. The molecule has 0 saturated heterocycles. The summed E-state index contributed by atoms with van der Waals surface area (Å²) in [4.78, 5) is 46.7. The van der Waals surface area contributed by atoms with Gasteiger partial charge in [-0.3, -0.25) is 19.2 Å². The van der Waals surface area contributed by atoms with Crippen molar-refractivity contribution < 1.29 is 28.7 Å². The Balaban J connectivity index is 3.32.